The molecule has 19 heavy (non-hydrogen) atoms. The van der Waals surface area contributed by atoms with Gasteiger partial charge < -0.3 is 10.1 Å². The van der Waals surface area contributed by atoms with Crippen LogP contribution in [0, 0.1) is 5.82 Å². The molecule has 0 radical (unpaired) electrons. The number of benzene rings is 2. The molecule has 0 saturated carbocycles. The fraction of sp³-hybridized carbons (Fsp3) is 0.250. The van der Waals surface area contributed by atoms with E-state index in [9.17, 15) is 4.39 Å². The molecule has 0 spiro atoms. The minimum atomic E-state index is -0.317. The maximum atomic E-state index is 13.4. The molecule has 1 N–H and O–H groups in total. The van der Waals surface area contributed by atoms with Gasteiger partial charge in [-0.3, -0.25) is 0 Å². The van der Waals surface area contributed by atoms with Crippen LogP contribution < -0.4 is 10.1 Å². The average molecular weight is 257 g/mol. The second-order valence-corrected chi connectivity index (χ2v) is 4.75. The Labute approximate surface area is 112 Å². The van der Waals surface area contributed by atoms with E-state index in [2.05, 4.69) is 23.5 Å². The molecule has 1 aliphatic rings. The van der Waals surface area contributed by atoms with Gasteiger partial charge in [0.1, 0.15) is 6.61 Å². The number of ether oxygens (including phenoxy) is 1. The fourth-order valence-corrected chi connectivity index (χ4v) is 2.35. The Morgan fingerprint density at radius 2 is 2.00 bits per heavy atom. The first kappa shape index (κ1) is 12.2. The maximum Gasteiger partial charge on any atom is 0.165 e. The molecule has 0 fully saturated rings. The average Bonchev–Trinajstić information content (AvgIpc) is 2.46. The maximum absolute atomic E-state index is 13.4. The van der Waals surface area contributed by atoms with Gasteiger partial charge in [-0.1, -0.05) is 30.3 Å². The van der Waals surface area contributed by atoms with Crippen molar-refractivity contribution in [2.45, 2.75) is 19.6 Å². The molecule has 3 rings (SSSR count). The van der Waals surface area contributed by atoms with Crippen LogP contribution >= 0.6 is 0 Å². The van der Waals surface area contributed by atoms with Gasteiger partial charge in [0.05, 0.1) is 0 Å². The van der Waals surface area contributed by atoms with Crippen LogP contribution in [0.25, 0.3) is 0 Å². The summed E-state index contributed by atoms with van der Waals surface area (Å²) in [6.07, 6.45) is 1.07. The molecule has 0 bridgehead atoms. The smallest absolute Gasteiger partial charge is 0.165 e. The number of halogens is 1. The van der Waals surface area contributed by atoms with E-state index in [1.807, 2.05) is 0 Å². The van der Waals surface area contributed by atoms with Gasteiger partial charge in [0.15, 0.2) is 11.6 Å². The predicted molar refractivity (Wildman–Crippen MR) is 72.6 cm³/mol. The lowest BCUT2D eigenvalue weighted by Crippen LogP contribution is -2.23. The van der Waals surface area contributed by atoms with E-state index in [1.54, 1.807) is 18.2 Å². The lowest BCUT2D eigenvalue weighted by molar-refractivity contribution is 0.290. The summed E-state index contributed by atoms with van der Waals surface area (Å²) in [5.74, 6) is -0.0135. The summed E-state index contributed by atoms with van der Waals surface area (Å²) in [5, 5.41) is 3.35. The third-order valence-corrected chi connectivity index (χ3v) is 3.39. The quantitative estimate of drug-likeness (QED) is 0.912. The van der Waals surface area contributed by atoms with E-state index in [0.717, 1.165) is 25.1 Å². The Balaban J connectivity index is 1.72. The normalized spacial score (nSPS) is 13.9. The Morgan fingerprint density at radius 3 is 2.89 bits per heavy atom. The molecular formula is C16H16FNO. The SMILES string of the molecule is Fc1ccccc1OCc1ccc2c(c1)CNCC2. The zero-order chi connectivity index (χ0) is 13.1. The van der Waals surface area contributed by atoms with Crippen molar-refractivity contribution in [2.75, 3.05) is 6.54 Å². The van der Waals surface area contributed by atoms with Crippen molar-refractivity contribution >= 4 is 0 Å². The van der Waals surface area contributed by atoms with Gasteiger partial charge in [-0.05, 0) is 41.8 Å². The molecule has 2 aromatic rings. The Kier molecular flexibility index (Phi) is 3.47. The highest BCUT2D eigenvalue weighted by molar-refractivity contribution is 5.34. The lowest BCUT2D eigenvalue weighted by Gasteiger charge is -2.18. The van der Waals surface area contributed by atoms with Crippen molar-refractivity contribution in [3.63, 3.8) is 0 Å². The molecule has 0 aromatic heterocycles. The summed E-state index contributed by atoms with van der Waals surface area (Å²) >= 11 is 0. The largest absolute Gasteiger partial charge is 0.486 e. The summed E-state index contributed by atoms with van der Waals surface area (Å²) in [7, 11) is 0. The lowest BCUT2D eigenvalue weighted by atomic mass is 9.99. The van der Waals surface area contributed by atoms with Crippen molar-refractivity contribution in [3.05, 3.63) is 65.0 Å². The molecule has 0 aliphatic carbocycles. The molecule has 1 heterocycles. The third kappa shape index (κ3) is 2.76. The summed E-state index contributed by atoms with van der Waals surface area (Å²) in [6, 6.07) is 12.8. The fourth-order valence-electron chi connectivity index (χ4n) is 2.35. The number of hydrogen-bond acceptors (Lipinski definition) is 2. The summed E-state index contributed by atoms with van der Waals surface area (Å²) in [6.45, 7) is 2.34. The first-order valence-electron chi connectivity index (χ1n) is 6.51. The van der Waals surface area contributed by atoms with E-state index in [1.165, 1.54) is 17.2 Å². The second kappa shape index (κ2) is 5.41. The van der Waals surface area contributed by atoms with Crippen LogP contribution in [0.15, 0.2) is 42.5 Å². The van der Waals surface area contributed by atoms with Gasteiger partial charge >= 0.3 is 0 Å². The summed E-state index contributed by atoms with van der Waals surface area (Å²) in [5.41, 5.74) is 3.79. The summed E-state index contributed by atoms with van der Waals surface area (Å²) in [4.78, 5) is 0. The monoisotopic (exact) mass is 257 g/mol. The van der Waals surface area contributed by atoms with Crippen LogP contribution in [0.5, 0.6) is 5.75 Å². The second-order valence-electron chi connectivity index (χ2n) is 4.75. The Bertz CT molecular complexity index is 583. The zero-order valence-corrected chi connectivity index (χ0v) is 10.7. The Hall–Kier alpha value is -1.87. The first-order chi connectivity index (χ1) is 9.33. The van der Waals surface area contributed by atoms with E-state index in [0.29, 0.717) is 12.4 Å². The number of rotatable bonds is 3. The van der Waals surface area contributed by atoms with E-state index in [4.69, 9.17) is 4.74 Å². The van der Waals surface area contributed by atoms with E-state index >= 15 is 0 Å². The number of fused-ring (bicyclic) bond motifs is 1. The Morgan fingerprint density at radius 1 is 1.11 bits per heavy atom. The summed E-state index contributed by atoms with van der Waals surface area (Å²) < 4.78 is 18.9. The number of hydrogen-bond donors (Lipinski definition) is 1. The van der Waals surface area contributed by atoms with Crippen molar-refractivity contribution in [1.29, 1.82) is 0 Å². The van der Waals surface area contributed by atoms with Gasteiger partial charge in [-0.25, -0.2) is 4.39 Å². The molecule has 0 amide bonds. The van der Waals surface area contributed by atoms with Crippen LogP contribution in [-0.4, -0.2) is 6.54 Å². The molecule has 98 valence electrons. The minimum absolute atomic E-state index is 0.304. The van der Waals surface area contributed by atoms with Crippen LogP contribution in [0.3, 0.4) is 0 Å². The molecule has 0 atom stereocenters. The van der Waals surface area contributed by atoms with Crippen LogP contribution in [-0.2, 0) is 19.6 Å². The van der Waals surface area contributed by atoms with Crippen LogP contribution in [0.4, 0.5) is 4.39 Å². The van der Waals surface area contributed by atoms with Crippen molar-refractivity contribution in [3.8, 4) is 5.75 Å². The number of para-hydroxylation sites is 1. The van der Waals surface area contributed by atoms with Crippen LogP contribution in [0.1, 0.15) is 16.7 Å². The molecule has 0 saturated heterocycles. The number of nitrogens with one attached hydrogen (secondary N) is 1. The van der Waals surface area contributed by atoms with E-state index in [-0.39, 0.29) is 5.82 Å². The van der Waals surface area contributed by atoms with Crippen molar-refractivity contribution in [1.82, 2.24) is 5.32 Å². The standard InChI is InChI=1S/C16H16FNO/c17-15-3-1-2-4-16(15)19-11-12-5-6-13-7-8-18-10-14(13)9-12/h1-6,9,18H,7-8,10-11H2. The molecule has 2 nitrogen and oxygen atoms in total. The molecule has 1 aliphatic heterocycles. The third-order valence-electron chi connectivity index (χ3n) is 3.39. The van der Waals surface area contributed by atoms with Gasteiger partial charge in [0.25, 0.3) is 0 Å². The van der Waals surface area contributed by atoms with Gasteiger partial charge in [-0.2, -0.15) is 0 Å². The highest BCUT2D eigenvalue weighted by atomic mass is 19.1. The van der Waals surface area contributed by atoms with E-state index < -0.39 is 0 Å². The highest BCUT2D eigenvalue weighted by Crippen LogP contribution is 2.19. The topological polar surface area (TPSA) is 21.3 Å². The highest BCUT2D eigenvalue weighted by Gasteiger charge is 2.09. The van der Waals surface area contributed by atoms with Crippen LogP contribution in [0.2, 0.25) is 0 Å². The van der Waals surface area contributed by atoms with Gasteiger partial charge in [0.2, 0.25) is 0 Å². The minimum Gasteiger partial charge on any atom is -0.486 e. The molecular weight excluding hydrogens is 241 g/mol. The van der Waals surface area contributed by atoms with Gasteiger partial charge in [0, 0.05) is 6.54 Å². The molecule has 0 unspecified atom stereocenters. The molecule has 3 heteroatoms. The van der Waals surface area contributed by atoms with Crippen molar-refractivity contribution < 1.29 is 9.13 Å². The molecule has 2 aromatic carbocycles. The van der Waals surface area contributed by atoms with Gasteiger partial charge in [-0.15, -0.1) is 0 Å². The van der Waals surface area contributed by atoms with Crippen molar-refractivity contribution in [2.24, 2.45) is 0 Å². The first-order valence-corrected chi connectivity index (χ1v) is 6.51. The zero-order valence-electron chi connectivity index (χ0n) is 10.7. The predicted octanol–water partition coefficient (Wildman–Crippen LogP) is 3.05.